The highest BCUT2D eigenvalue weighted by Gasteiger charge is 2.13. The third kappa shape index (κ3) is 8.18. The first-order chi connectivity index (χ1) is 13.2. The van der Waals surface area contributed by atoms with E-state index < -0.39 is 0 Å². The average molecular weight is 499 g/mol. The van der Waals surface area contributed by atoms with Crippen LogP contribution in [0.25, 0.3) is 0 Å². The first-order valence-corrected chi connectivity index (χ1v) is 9.78. The van der Waals surface area contributed by atoms with Gasteiger partial charge in [-0.1, -0.05) is 49.3 Å². The number of hydrogen-bond acceptors (Lipinski definition) is 4. The van der Waals surface area contributed by atoms with Gasteiger partial charge in [0.25, 0.3) is 0 Å². The molecule has 0 bridgehead atoms. The van der Waals surface area contributed by atoms with Gasteiger partial charge in [-0.05, 0) is 25.5 Å². The van der Waals surface area contributed by atoms with Crippen molar-refractivity contribution in [2.24, 2.45) is 4.99 Å². The van der Waals surface area contributed by atoms with Crippen LogP contribution in [0.1, 0.15) is 49.6 Å². The van der Waals surface area contributed by atoms with E-state index in [-0.39, 0.29) is 24.0 Å². The number of nitrogens with zero attached hydrogens (tertiary/aromatic N) is 3. The first-order valence-electron chi connectivity index (χ1n) is 9.78. The molecule has 2 aromatic rings. The quantitative estimate of drug-likeness (QED) is 0.294. The maximum Gasteiger partial charge on any atom is 0.191 e. The van der Waals surface area contributed by atoms with Crippen LogP contribution in [0.5, 0.6) is 0 Å². The zero-order valence-corrected chi connectivity index (χ0v) is 19.8. The van der Waals surface area contributed by atoms with E-state index in [1.165, 1.54) is 5.56 Å². The van der Waals surface area contributed by atoms with Gasteiger partial charge in [-0.15, -0.1) is 24.0 Å². The molecular formula is C21H34IN5O. The number of guanidine groups is 1. The van der Waals surface area contributed by atoms with Gasteiger partial charge in [-0.25, -0.2) is 0 Å². The number of likely N-dealkylation sites (N-methyl/N-ethyl adjacent to an activating group) is 1. The molecule has 0 fully saturated rings. The number of halogens is 1. The van der Waals surface area contributed by atoms with Crippen LogP contribution in [-0.2, 0) is 13.1 Å². The van der Waals surface area contributed by atoms with Crippen molar-refractivity contribution in [1.29, 1.82) is 0 Å². The molecule has 0 aliphatic carbocycles. The minimum Gasteiger partial charge on any atom is -0.359 e. The molecule has 1 heterocycles. The predicted octanol–water partition coefficient (Wildman–Crippen LogP) is 3.99. The van der Waals surface area contributed by atoms with Gasteiger partial charge in [0, 0.05) is 38.7 Å². The Morgan fingerprint density at radius 1 is 1.18 bits per heavy atom. The van der Waals surface area contributed by atoms with Gasteiger partial charge in [0.15, 0.2) is 11.7 Å². The van der Waals surface area contributed by atoms with Crippen LogP contribution in [0.4, 0.5) is 0 Å². The smallest absolute Gasteiger partial charge is 0.191 e. The van der Waals surface area contributed by atoms with Crippen LogP contribution in [0.2, 0.25) is 0 Å². The maximum absolute atomic E-state index is 5.45. The summed E-state index contributed by atoms with van der Waals surface area (Å²) in [6, 6.07) is 12.5. The zero-order chi connectivity index (χ0) is 19.5. The lowest BCUT2D eigenvalue weighted by atomic mass is 9.99. The number of hydrogen-bond donors (Lipinski definition) is 2. The molecule has 0 saturated carbocycles. The van der Waals surface area contributed by atoms with Crippen molar-refractivity contribution in [3.8, 4) is 0 Å². The summed E-state index contributed by atoms with van der Waals surface area (Å²) < 4.78 is 5.45. The summed E-state index contributed by atoms with van der Waals surface area (Å²) in [5.74, 6) is 2.07. The van der Waals surface area contributed by atoms with Crippen molar-refractivity contribution in [3.05, 3.63) is 53.4 Å². The van der Waals surface area contributed by atoms with Gasteiger partial charge in [0.05, 0.1) is 12.2 Å². The van der Waals surface area contributed by atoms with Crippen molar-refractivity contribution in [2.75, 3.05) is 27.2 Å². The van der Waals surface area contributed by atoms with Gasteiger partial charge in [-0.2, -0.15) is 0 Å². The second kappa shape index (κ2) is 13.5. The standard InChI is InChI=1S/C21H33N5O.HI/c1-5-18(6-2)20-14-19(27-25-20)15-24-21(22-3)23-12-13-26(4)16-17-10-8-7-9-11-17;/h7-11,14,18H,5-6,12-13,15-16H2,1-4H3,(H2,22,23,24);1H. The SMILES string of the molecule is CCC(CC)c1cc(CNC(=NC)NCCN(C)Cc2ccccc2)on1.I. The van der Waals surface area contributed by atoms with E-state index in [1.807, 2.05) is 12.1 Å². The van der Waals surface area contributed by atoms with Gasteiger partial charge in [-0.3, -0.25) is 4.99 Å². The molecule has 0 unspecified atom stereocenters. The lowest BCUT2D eigenvalue weighted by Crippen LogP contribution is -2.40. The summed E-state index contributed by atoms with van der Waals surface area (Å²) >= 11 is 0. The van der Waals surface area contributed by atoms with E-state index in [4.69, 9.17) is 4.52 Å². The number of rotatable bonds is 10. The highest BCUT2D eigenvalue weighted by Crippen LogP contribution is 2.22. The fourth-order valence-corrected chi connectivity index (χ4v) is 3.04. The van der Waals surface area contributed by atoms with E-state index in [1.54, 1.807) is 7.05 Å². The molecule has 0 aliphatic rings. The van der Waals surface area contributed by atoms with Crippen LogP contribution in [0, 0.1) is 0 Å². The van der Waals surface area contributed by atoms with Crippen LogP contribution in [0.15, 0.2) is 45.9 Å². The molecule has 1 aromatic heterocycles. The summed E-state index contributed by atoms with van der Waals surface area (Å²) in [5.41, 5.74) is 2.36. The first kappa shape index (κ1) is 24.4. The number of nitrogens with one attached hydrogen (secondary N) is 2. The molecule has 0 aliphatic heterocycles. The van der Waals surface area contributed by atoms with Crippen molar-refractivity contribution >= 4 is 29.9 Å². The monoisotopic (exact) mass is 499 g/mol. The van der Waals surface area contributed by atoms with E-state index in [0.29, 0.717) is 12.5 Å². The van der Waals surface area contributed by atoms with Crippen LogP contribution in [0.3, 0.4) is 0 Å². The van der Waals surface area contributed by atoms with Crippen molar-refractivity contribution in [2.45, 2.75) is 45.7 Å². The highest BCUT2D eigenvalue weighted by atomic mass is 127. The summed E-state index contributed by atoms with van der Waals surface area (Å²) in [7, 11) is 3.90. The van der Waals surface area contributed by atoms with Gasteiger partial charge < -0.3 is 20.1 Å². The second-order valence-electron chi connectivity index (χ2n) is 6.81. The minimum atomic E-state index is 0. The van der Waals surface area contributed by atoms with Crippen LogP contribution in [-0.4, -0.2) is 43.2 Å². The number of aliphatic imine (C=N–C) groups is 1. The second-order valence-corrected chi connectivity index (χ2v) is 6.81. The van der Waals surface area contributed by atoms with Crippen molar-refractivity contribution in [3.63, 3.8) is 0 Å². The van der Waals surface area contributed by atoms with E-state index >= 15 is 0 Å². The molecule has 28 heavy (non-hydrogen) atoms. The van der Waals surface area contributed by atoms with Gasteiger partial charge in [0.1, 0.15) is 0 Å². The Morgan fingerprint density at radius 2 is 1.89 bits per heavy atom. The molecule has 6 nitrogen and oxygen atoms in total. The Kier molecular flexibility index (Phi) is 11.8. The number of benzene rings is 1. The third-order valence-corrected chi connectivity index (χ3v) is 4.72. The van der Waals surface area contributed by atoms with E-state index in [2.05, 4.69) is 70.8 Å². The normalized spacial score (nSPS) is 11.6. The molecule has 0 atom stereocenters. The molecular weight excluding hydrogens is 465 g/mol. The summed E-state index contributed by atoms with van der Waals surface area (Å²) in [5, 5.41) is 10.8. The molecule has 2 rings (SSSR count). The summed E-state index contributed by atoms with van der Waals surface area (Å²) in [6.45, 7) is 7.62. The van der Waals surface area contributed by atoms with E-state index in [9.17, 15) is 0 Å². The van der Waals surface area contributed by atoms with E-state index in [0.717, 1.165) is 49.9 Å². The molecule has 0 saturated heterocycles. The van der Waals surface area contributed by atoms with Crippen LogP contribution >= 0.6 is 24.0 Å². The molecule has 1 aromatic carbocycles. The molecule has 7 heteroatoms. The predicted molar refractivity (Wildman–Crippen MR) is 126 cm³/mol. The Hall–Kier alpha value is -1.61. The Balaban J connectivity index is 0.00000392. The fraction of sp³-hybridized carbons (Fsp3) is 0.524. The summed E-state index contributed by atoms with van der Waals surface area (Å²) in [6.07, 6.45) is 2.16. The Morgan fingerprint density at radius 3 is 2.54 bits per heavy atom. The minimum absolute atomic E-state index is 0. The Labute approximate surface area is 186 Å². The molecule has 0 spiro atoms. The van der Waals surface area contributed by atoms with Crippen LogP contribution < -0.4 is 10.6 Å². The van der Waals surface area contributed by atoms with Gasteiger partial charge in [0.2, 0.25) is 0 Å². The zero-order valence-electron chi connectivity index (χ0n) is 17.4. The average Bonchev–Trinajstić information content (AvgIpc) is 3.15. The van der Waals surface area contributed by atoms with Gasteiger partial charge >= 0.3 is 0 Å². The van der Waals surface area contributed by atoms with Crippen molar-refractivity contribution < 1.29 is 4.52 Å². The highest BCUT2D eigenvalue weighted by molar-refractivity contribution is 14.0. The topological polar surface area (TPSA) is 65.7 Å². The third-order valence-electron chi connectivity index (χ3n) is 4.72. The molecule has 0 amide bonds. The largest absolute Gasteiger partial charge is 0.359 e. The molecule has 2 N–H and O–H groups in total. The maximum atomic E-state index is 5.45. The molecule has 0 radical (unpaired) electrons. The fourth-order valence-electron chi connectivity index (χ4n) is 3.04. The Bertz CT molecular complexity index is 685. The lowest BCUT2D eigenvalue weighted by Gasteiger charge is -2.18. The summed E-state index contributed by atoms with van der Waals surface area (Å²) in [4.78, 5) is 6.56. The number of aromatic nitrogens is 1. The lowest BCUT2D eigenvalue weighted by molar-refractivity contribution is 0.331. The van der Waals surface area contributed by atoms with Crippen molar-refractivity contribution in [1.82, 2.24) is 20.7 Å². The molecule has 156 valence electrons.